The lowest BCUT2D eigenvalue weighted by molar-refractivity contribution is -0.148. The van der Waals surface area contributed by atoms with Gasteiger partial charge >= 0.3 is 5.97 Å². The van der Waals surface area contributed by atoms with Crippen LogP contribution in [0.15, 0.2) is 18.2 Å². The number of halogens is 1. The van der Waals surface area contributed by atoms with Crippen LogP contribution in [0.2, 0.25) is 0 Å². The summed E-state index contributed by atoms with van der Waals surface area (Å²) in [5.41, 5.74) is 1.02. The second kappa shape index (κ2) is 5.27. The van der Waals surface area contributed by atoms with Crippen LogP contribution in [0.4, 0.5) is 4.39 Å². The lowest BCUT2D eigenvalue weighted by atomic mass is 9.85. The summed E-state index contributed by atoms with van der Waals surface area (Å²) in [5, 5.41) is 19.2. The van der Waals surface area contributed by atoms with E-state index >= 15 is 0 Å². The van der Waals surface area contributed by atoms with Crippen molar-refractivity contribution in [2.75, 3.05) is 0 Å². The van der Waals surface area contributed by atoms with E-state index in [0.717, 1.165) is 0 Å². The minimum absolute atomic E-state index is 0.202. The third kappa shape index (κ3) is 3.03. The Kier molecular flexibility index (Phi) is 4.23. The zero-order valence-corrected chi connectivity index (χ0v) is 10.1. The maximum Gasteiger partial charge on any atom is 0.309 e. The fourth-order valence-corrected chi connectivity index (χ4v) is 1.95. The van der Waals surface area contributed by atoms with Gasteiger partial charge in [-0.15, -0.1) is 0 Å². The first-order chi connectivity index (χ1) is 7.84. The lowest BCUT2D eigenvalue weighted by Crippen LogP contribution is -2.27. The molecule has 0 aromatic heterocycles. The van der Waals surface area contributed by atoms with Crippen molar-refractivity contribution in [2.24, 2.45) is 11.8 Å². The van der Waals surface area contributed by atoms with Gasteiger partial charge in [0, 0.05) is 0 Å². The molecule has 2 unspecified atom stereocenters. The van der Waals surface area contributed by atoms with Crippen molar-refractivity contribution < 1.29 is 19.4 Å². The highest BCUT2D eigenvalue weighted by Gasteiger charge is 2.31. The molecule has 0 amide bonds. The van der Waals surface area contributed by atoms with Gasteiger partial charge in [-0.2, -0.15) is 0 Å². The number of rotatable bonds is 4. The monoisotopic (exact) mass is 240 g/mol. The maximum absolute atomic E-state index is 12.9. The Balaban J connectivity index is 3.09. The Morgan fingerprint density at radius 1 is 1.35 bits per heavy atom. The van der Waals surface area contributed by atoms with E-state index in [1.165, 1.54) is 18.2 Å². The number of aryl methyl sites for hydroxylation is 1. The second-order valence-corrected chi connectivity index (χ2v) is 4.55. The van der Waals surface area contributed by atoms with Gasteiger partial charge in [-0.05, 0) is 36.1 Å². The molecule has 0 spiro atoms. The van der Waals surface area contributed by atoms with Gasteiger partial charge in [-0.3, -0.25) is 4.79 Å². The number of hydrogen-bond donors (Lipinski definition) is 2. The number of carbonyl (C=O) groups is 1. The molecule has 0 aliphatic carbocycles. The van der Waals surface area contributed by atoms with Gasteiger partial charge in [0.1, 0.15) is 5.82 Å². The molecule has 0 fully saturated rings. The molecule has 2 atom stereocenters. The maximum atomic E-state index is 12.9. The molecule has 17 heavy (non-hydrogen) atoms. The fourth-order valence-electron chi connectivity index (χ4n) is 1.95. The molecule has 0 aliphatic heterocycles. The lowest BCUT2D eigenvalue weighted by Gasteiger charge is -2.23. The minimum Gasteiger partial charge on any atom is -0.481 e. The molecule has 1 aromatic carbocycles. The van der Waals surface area contributed by atoms with Crippen LogP contribution in [0.5, 0.6) is 0 Å². The molecule has 0 aliphatic rings. The predicted molar refractivity (Wildman–Crippen MR) is 62.1 cm³/mol. The SMILES string of the molecule is Cc1cc(F)ccc1C(O)C(C(=O)O)C(C)C. The van der Waals surface area contributed by atoms with Gasteiger partial charge in [-0.25, -0.2) is 4.39 Å². The summed E-state index contributed by atoms with van der Waals surface area (Å²) in [6.07, 6.45) is -1.12. The van der Waals surface area contributed by atoms with E-state index < -0.39 is 23.8 Å². The summed E-state index contributed by atoms with van der Waals surface area (Å²) in [7, 11) is 0. The summed E-state index contributed by atoms with van der Waals surface area (Å²) in [6.45, 7) is 5.13. The van der Waals surface area contributed by atoms with Crippen molar-refractivity contribution in [2.45, 2.75) is 26.9 Å². The first-order valence-electron chi connectivity index (χ1n) is 5.51. The first-order valence-corrected chi connectivity index (χ1v) is 5.51. The number of hydrogen-bond acceptors (Lipinski definition) is 2. The summed E-state index contributed by atoms with van der Waals surface area (Å²) in [6, 6.07) is 3.95. The van der Waals surface area contributed by atoms with E-state index in [1.807, 2.05) is 0 Å². The number of carboxylic acid groups (broad SMARTS) is 1. The number of carboxylic acids is 1. The van der Waals surface area contributed by atoms with Crippen LogP contribution in [-0.2, 0) is 4.79 Å². The number of benzene rings is 1. The molecular formula is C13H17FO3. The normalized spacial score (nSPS) is 14.7. The zero-order valence-electron chi connectivity index (χ0n) is 10.1. The molecular weight excluding hydrogens is 223 g/mol. The average Bonchev–Trinajstić information content (AvgIpc) is 2.15. The third-order valence-corrected chi connectivity index (χ3v) is 2.89. The summed E-state index contributed by atoms with van der Waals surface area (Å²) >= 11 is 0. The number of aliphatic carboxylic acids is 1. The molecule has 1 aromatic rings. The Bertz CT molecular complexity index is 415. The van der Waals surface area contributed by atoms with E-state index in [2.05, 4.69) is 0 Å². The largest absolute Gasteiger partial charge is 0.481 e. The van der Waals surface area contributed by atoms with Crippen molar-refractivity contribution in [3.63, 3.8) is 0 Å². The molecule has 0 saturated heterocycles. The average molecular weight is 240 g/mol. The van der Waals surface area contributed by atoms with Gasteiger partial charge < -0.3 is 10.2 Å². The van der Waals surface area contributed by atoms with Crippen LogP contribution >= 0.6 is 0 Å². The van der Waals surface area contributed by atoms with E-state index in [1.54, 1.807) is 20.8 Å². The molecule has 0 heterocycles. The topological polar surface area (TPSA) is 57.5 Å². The van der Waals surface area contributed by atoms with E-state index in [4.69, 9.17) is 5.11 Å². The van der Waals surface area contributed by atoms with E-state index in [0.29, 0.717) is 11.1 Å². The quantitative estimate of drug-likeness (QED) is 0.850. The van der Waals surface area contributed by atoms with Crippen LogP contribution in [0.1, 0.15) is 31.1 Å². The van der Waals surface area contributed by atoms with Gasteiger partial charge in [0.05, 0.1) is 12.0 Å². The molecule has 0 saturated carbocycles. The minimum atomic E-state index is -1.12. The van der Waals surface area contributed by atoms with E-state index in [-0.39, 0.29) is 5.92 Å². The molecule has 0 bridgehead atoms. The van der Waals surface area contributed by atoms with Crippen molar-refractivity contribution in [3.05, 3.63) is 35.1 Å². The fraction of sp³-hybridized carbons (Fsp3) is 0.462. The molecule has 94 valence electrons. The second-order valence-electron chi connectivity index (χ2n) is 4.55. The Morgan fingerprint density at radius 2 is 1.94 bits per heavy atom. The van der Waals surface area contributed by atoms with Crippen molar-refractivity contribution in [3.8, 4) is 0 Å². The van der Waals surface area contributed by atoms with Crippen LogP contribution < -0.4 is 0 Å². The van der Waals surface area contributed by atoms with Gasteiger partial charge in [0.15, 0.2) is 0 Å². The van der Waals surface area contributed by atoms with Crippen molar-refractivity contribution in [1.29, 1.82) is 0 Å². The standard InChI is InChI=1S/C13H17FO3/c1-7(2)11(13(16)17)12(15)10-5-4-9(14)6-8(10)3/h4-7,11-12,15H,1-3H3,(H,16,17). The van der Waals surface area contributed by atoms with Crippen LogP contribution in [0.3, 0.4) is 0 Å². The van der Waals surface area contributed by atoms with Gasteiger partial charge in [0.2, 0.25) is 0 Å². The van der Waals surface area contributed by atoms with Crippen LogP contribution in [0, 0.1) is 24.6 Å². The summed E-state index contributed by atoms with van der Waals surface area (Å²) in [4.78, 5) is 11.1. The predicted octanol–water partition coefficient (Wildman–Crippen LogP) is 2.52. The smallest absolute Gasteiger partial charge is 0.309 e. The molecule has 0 radical (unpaired) electrons. The van der Waals surface area contributed by atoms with Gasteiger partial charge in [-0.1, -0.05) is 19.9 Å². The van der Waals surface area contributed by atoms with E-state index in [9.17, 15) is 14.3 Å². The van der Waals surface area contributed by atoms with Crippen molar-refractivity contribution in [1.82, 2.24) is 0 Å². The Hall–Kier alpha value is -1.42. The molecule has 3 nitrogen and oxygen atoms in total. The first kappa shape index (κ1) is 13.6. The van der Waals surface area contributed by atoms with Gasteiger partial charge in [0.25, 0.3) is 0 Å². The Morgan fingerprint density at radius 3 is 2.35 bits per heavy atom. The summed E-state index contributed by atoms with van der Waals surface area (Å²) in [5.74, 6) is -2.53. The molecule has 4 heteroatoms. The molecule has 1 rings (SSSR count). The number of aliphatic hydroxyl groups excluding tert-OH is 1. The number of aliphatic hydroxyl groups is 1. The third-order valence-electron chi connectivity index (χ3n) is 2.89. The zero-order chi connectivity index (χ0) is 13.2. The molecule has 2 N–H and O–H groups in total. The highest BCUT2D eigenvalue weighted by atomic mass is 19.1. The Labute approximate surface area is 99.9 Å². The highest BCUT2D eigenvalue weighted by Crippen LogP contribution is 2.30. The van der Waals surface area contributed by atoms with Crippen LogP contribution in [0.25, 0.3) is 0 Å². The van der Waals surface area contributed by atoms with Crippen LogP contribution in [-0.4, -0.2) is 16.2 Å². The summed E-state index contributed by atoms with van der Waals surface area (Å²) < 4.78 is 12.9. The van der Waals surface area contributed by atoms with Crippen molar-refractivity contribution >= 4 is 5.97 Å². The highest BCUT2D eigenvalue weighted by molar-refractivity contribution is 5.71.